The first-order valence-corrected chi connectivity index (χ1v) is 7.48. The van der Waals surface area contributed by atoms with Gasteiger partial charge in [-0.2, -0.15) is 10.1 Å². The quantitative estimate of drug-likeness (QED) is 0.753. The normalized spacial score (nSPS) is 10.4. The predicted molar refractivity (Wildman–Crippen MR) is 93.5 cm³/mol. The van der Waals surface area contributed by atoms with Gasteiger partial charge in [-0.05, 0) is 55.7 Å². The van der Waals surface area contributed by atoms with E-state index in [0.717, 1.165) is 11.4 Å². The number of aromatic nitrogens is 3. The number of hydrogen-bond acceptors (Lipinski definition) is 5. The molecule has 0 amide bonds. The summed E-state index contributed by atoms with van der Waals surface area (Å²) in [6, 6.07) is 14.2. The predicted octanol–water partition coefficient (Wildman–Crippen LogP) is 4.28. The van der Waals surface area contributed by atoms with Crippen molar-refractivity contribution in [2.45, 2.75) is 20.8 Å². The first-order valence-electron chi connectivity index (χ1n) is 7.48. The third-order valence-corrected chi connectivity index (χ3v) is 3.70. The maximum atomic E-state index is 4.47. The van der Waals surface area contributed by atoms with Crippen LogP contribution in [0.1, 0.15) is 16.7 Å². The van der Waals surface area contributed by atoms with Crippen molar-refractivity contribution in [3.63, 3.8) is 0 Å². The number of nitrogens with zero attached hydrogens (tertiary/aromatic N) is 3. The lowest BCUT2D eigenvalue weighted by molar-refractivity contribution is 0.982. The topological polar surface area (TPSA) is 62.7 Å². The van der Waals surface area contributed by atoms with Crippen molar-refractivity contribution >= 4 is 23.1 Å². The minimum absolute atomic E-state index is 0.464. The summed E-state index contributed by atoms with van der Waals surface area (Å²) in [5.74, 6) is 1.12. The van der Waals surface area contributed by atoms with Crippen LogP contribution in [-0.2, 0) is 0 Å². The van der Waals surface area contributed by atoms with Gasteiger partial charge in [0.05, 0.1) is 6.20 Å². The molecule has 0 bridgehead atoms. The zero-order valence-corrected chi connectivity index (χ0v) is 13.5. The van der Waals surface area contributed by atoms with Gasteiger partial charge in [-0.3, -0.25) is 0 Å². The summed E-state index contributed by atoms with van der Waals surface area (Å²) in [4.78, 5) is 4.47. The van der Waals surface area contributed by atoms with Gasteiger partial charge in [0.25, 0.3) is 0 Å². The Morgan fingerprint density at radius 2 is 1.74 bits per heavy atom. The van der Waals surface area contributed by atoms with E-state index in [1.165, 1.54) is 16.7 Å². The zero-order chi connectivity index (χ0) is 16.2. The number of aryl methyl sites for hydroxylation is 2. The van der Waals surface area contributed by atoms with Crippen molar-refractivity contribution in [3.8, 4) is 0 Å². The van der Waals surface area contributed by atoms with Crippen LogP contribution in [0.5, 0.6) is 0 Å². The number of nitrogens with one attached hydrogen (secondary N) is 2. The molecule has 0 atom stereocenters. The first-order chi connectivity index (χ1) is 11.1. The smallest absolute Gasteiger partial charge is 0.249 e. The van der Waals surface area contributed by atoms with Crippen LogP contribution in [0.25, 0.3) is 0 Å². The maximum Gasteiger partial charge on any atom is 0.249 e. The number of benzene rings is 2. The van der Waals surface area contributed by atoms with Gasteiger partial charge in [0.15, 0.2) is 5.82 Å². The van der Waals surface area contributed by atoms with Crippen LogP contribution in [0.15, 0.2) is 48.7 Å². The first kappa shape index (κ1) is 15.0. The highest BCUT2D eigenvalue weighted by molar-refractivity contribution is 5.62. The Kier molecular flexibility index (Phi) is 4.19. The molecule has 0 aliphatic carbocycles. The molecule has 1 aromatic heterocycles. The van der Waals surface area contributed by atoms with Gasteiger partial charge in [0.2, 0.25) is 5.95 Å². The Balaban J connectivity index is 1.81. The summed E-state index contributed by atoms with van der Waals surface area (Å²) < 4.78 is 0. The standard InChI is InChI=1S/C18H19N5/c1-12-6-4-8-15(10-12)20-18-22-17(11-19-23-18)21-16-9-5-7-13(2)14(16)3/h4-11H,1-3H3,(H2,20,21,22,23). The van der Waals surface area contributed by atoms with Crippen LogP contribution >= 0.6 is 0 Å². The minimum atomic E-state index is 0.464. The average molecular weight is 305 g/mol. The highest BCUT2D eigenvalue weighted by Crippen LogP contribution is 2.22. The van der Waals surface area contributed by atoms with E-state index in [4.69, 9.17) is 0 Å². The summed E-state index contributed by atoms with van der Waals surface area (Å²) in [6.45, 7) is 6.21. The van der Waals surface area contributed by atoms with Gasteiger partial charge in [-0.15, -0.1) is 5.10 Å². The SMILES string of the molecule is Cc1cccc(Nc2nncc(Nc3cccc(C)c3C)n2)c1. The molecule has 1 heterocycles. The molecule has 0 spiro atoms. The van der Waals surface area contributed by atoms with Gasteiger partial charge in [-0.1, -0.05) is 24.3 Å². The van der Waals surface area contributed by atoms with Gasteiger partial charge < -0.3 is 10.6 Å². The molecule has 3 rings (SSSR count). The summed E-state index contributed by atoms with van der Waals surface area (Å²) in [6.07, 6.45) is 1.61. The molecule has 2 N–H and O–H groups in total. The van der Waals surface area contributed by atoms with Crippen LogP contribution in [0.4, 0.5) is 23.1 Å². The Morgan fingerprint density at radius 3 is 2.57 bits per heavy atom. The second-order valence-corrected chi connectivity index (χ2v) is 5.53. The molecule has 0 aliphatic heterocycles. The van der Waals surface area contributed by atoms with Crippen molar-refractivity contribution in [1.82, 2.24) is 15.2 Å². The van der Waals surface area contributed by atoms with Crippen LogP contribution in [0.3, 0.4) is 0 Å². The van der Waals surface area contributed by atoms with E-state index in [1.54, 1.807) is 6.20 Å². The molecule has 3 aromatic rings. The fourth-order valence-electron chi connectivity index (χ4n) is 2.29. The lowest BCUT2D eigenvalue weighted by Gasteiger charge is -2.11. The highest BCUT2D eigenvalue weighted by atomic mass is 15.3. The van der Waals surface area contributed by atoms with Crippen LogP contribution in [0.2, 0.25) is 0 Å². The van der Waals surface area contributed by atoms with E-state index in [0.29, 0.717) is 11.8 Å². The van der Waals surface area contributed by atoms with Crippen molar-refractivity contribution in [2.24, 2.45) is 0 Å². The van der Waals surface area contributed by atoms with E-state index in [-0.39, 0.29) is 0 Å². The van der Waals surface area contributed by atoms with E-state index >= 15 is 0 Å². The van der Waals surface area contributed by atoms with E-state index < -0.39 is 0 Å². The second-order valence-electron chi connectivity index (χ2n) is 5.53. The molecule has 0 saturated carbocycles. The minimum Gasteiger partial charge on any atom is -0.339 e. The summed E-state index contributed by atoms with van der Waals surface area (Å²) >= 11 is 0. The second kappa shape index (κ2) is 6.44. The molecule has 23 heavy (non-hydrogen) atoms. The molecular formula is C18H19N5. The molecule has 0 aliphatic rings. The van der Waals surface area contributed by atoms with Gasteiger partial charge in [0.1, 0.15) is 0 Å². The highest BCUT2D eigenvalue weighted by Gasteiger charge is 2.05. The molecule has 0 unspecified atom stereocenters. The Hall–Kier alpha value is -2.95. The summed E-state index contributed by atoms with van der Waals surface area (Å²) in [5.41, 5.74) is 5.56. The number of rotatable bonds is 4. The Labute approximate surface area is 135 Å². The van der Waals surface area contributed by atoms with E-state index in [9.17, 15) is 0 Å². The Bertz CT molecular complexity index is 829. The van der Waals surface area contributed by atoms with Crippen LogP contribution in [-0.4, -0.2) is 15.2 Å². The molecule has 116 valence electrons. The van der Waals surface area contributed by atoms with Crippen molar-refractivity contribution in [2.75, 3.05) is 10.6 Å². The van der Waals surface area contributed by atoms with Crippen LogP contribution < -0.4 is 10.6 Å². The van der Waals surface area contributed by atoms with Crippen molar-refractivity contribution in [3.05, 3.63) is 65.4 Å². The Morgan fingerprint density at radius 1 is 0.913 bits per heavy atom. The van der Waals surface area contributed by atoms with Crippen LogP contribution in [0, 0.1) is 20.8 Å². The van der Waals surface area contributed by atoms with E-state index in [1.807, 2.05) is 43.3 Å². The number of hydrogen-bond donors (Lipinski definition) is 2. The molecule has 0 fully saturated rings. The summed E-state index contributed by atoms with van der Waals surface area (Å²) in [7, 11) is 0. The summed E-state index contributed by atoms with van der Waals surface area (Å²) in [5, 5.41) is 14.5. The fraction of sp³-hybridized carbons (Fsp3) is 0.167. The molecular weight excluding hydrogens is 286 g/mol. The van der Waals surface area contributed by atoms with E-state index in [2.05, 4.69) is 45.7 Å². The van der Waals surface area contributed by atoms with Crippen molar-refractivity contribution in [1.29, 1.82) is 0 Å². The molecule has 0 saturated heterocycles. The van der Waals surface area contributed by atoms with Gasteiger partial charge in [0, 0.05) is 11.4 Å². The number of anilines is 4. The zero-order valence-electron chi connectivity index (χ0n) is 13.5. The molecule has 5 nitrogen and oxygen atoms in total. The molecule has 2 aromatic carbocycles. The average Bonchev–Trinajstić information content (AvgIpc) is 2.52. The lowest BCUT2D eigenvalue weighted by atomic mass is 10.1. The fourth-order valence-corrected chi connectivity index (χ4v) is 2.29. The van der Waals surface area contributed by atoms with Gasteiger partial charge >= 0.3 is 0 Å². The third-order valence-electron chi connectivity index (χ3n) is 3.70. The third kappa shape index (κ3) is 3.63. The van der Waals surface area contributed by atoms with Gasteiger partial charge in [-0.25, -0.2) is 0 Å². The maximum absolute atomic E-state index is 4.47. The van der Waals surface area contributed by atoms with Crippen molar-refractivity contribution < 1.29 is 0 Å². The largest absolute Gasteiger partial charge is 0.339 e. The molecule has 0 radical (unpaired) electrons. The lowest BCUT2D eigenvalue weighted by Crippen LogP contribution is -2.03. The molecule has 5 heteroatoms. The monoisotopic (exact) mass is 305 g/mol.